The number of rotatable bonds is 9. The molecule has 0 unspecified atom stereocenters. The number of carbonyl (C=O) groups is 4. The Bertz CT molecular complexity index is 1300. The highest BCUT2D eigenvalue weighted by Gasteiger charge is 2.34. The fraction of sp³-hybridized carbons (Fsp3) is 0.261. The summed E-state index contributed by atoms with van der Waals surface area (Å²) in [4.78, 5) is 49.7. The van der Waals surface area contributed by atoms with Gasteiger partial charge in [0.15, 0.2) is 6.29 Å². The molecule has 4 rings (SSSR count). The molecular weight excluding hydrogens is 467 g/mol. The van der Waals surface area contributed by atoms with Gasteiger partial charge in [0, 0.05) is 23.5 Å². The molecule has 0 spiro atoms. The molecule has 176 valence electrons. The molecule has 1 aliphatic carbocycles. The predicted octanol–water partition coefficient (Wildman–Crippen LogP) is 2.65. The molecule has 2 aromatic carbocycles. The molecule has 0 aliphatic heterocycles. The number of carbonyl (C=O) groups excluding carboxylic acids is 3. The summed E-state index contributed by atoms with van der Waals surface area (Å²) in [7, 11) is 0. The van der Waals surface area contributed by atoms with Gasteiger partial charge in [0.2, 0.25) is 11.8 Å². The largest absolute Gasteiger partial charge is 0.478 e. The van der Waals surface area contributed by atoms with Crippen LogP contribution in [0.2, 0.25) is 5.02 Å². The van der Waals surface area contributed by atoms with Crippen molar-refractivity contribution in [3.05, 3.63) is 64.1 Å². The zero-order chi connectivity index (χ0) is 24.4. The minimum atomic E-state index is -1.15. The van der Waals surface area contributed by atoms with Gasteiger partial charge in [-0.3, -0.25) is 19.1 Å². The maximum atomic E-state index is 14.0. The van der Waals surface area contributed by atoms with Crippen LogP contribution in [-0.4, -0.2) is 56.4 Å². The number of nitrogens with one attached hydrogen (secondary N) is 1. The molecule has 34 heavy (non-hydrogen) atoms. The highest BCUT2D eigenvalue weighted by atomic mass is 35.5. The number of fused-ring (bicyclic) bond motifs is 1. The second kappa shape index (κ2) is 9.60. The highest BCUT2D eigenvalue weighted by molar-refractivity contribution is 6.30. The highest BCUT2D eigenvalue weighted by Crippen LogP contribution is 2.27. The molecule has 0 radical (unpaired) electrons. The van der Waals surface area contributed by atoms with Gasteiger partial charge in [0.05, 0.1) is 22.6 Å². The molecule has 3 aromatic rings. The number of carboxylic acids is 1. The van der Waals surface area contributed by atoms with E-state index in [4.69, 9.17) is 11.6 Å². The Morgan fingerprint density at radius 1 is 1.26 bits per heavy atom. The average molecular weight is 487 g/mol. The third-order valence-electron chi connectivity index (χ3n) is 5.55. The van der Waals surface area contributed by atoms with Crippen LogP contribution >= 0.6 is 11.6 Å². The van der Waals surface area contributed by atoms with Crippen LogP contribution in [0.4, 0.5) is 4.39 Å². The monoisotopic (exact) mass is 486 g/mol. The lowest BCUT2D eigenvalue weighted by molar-refractivity contribution is -0.137. The van der Waals surface area contributed by atoms with Crippen molar-refractivity contribution in [2.24, 2.45) is 0 Å². The molecule has 1 aromatic heterocycles. The van der Waals surface area contributed by atoms with Gasteiger partial charge in [-0.1, -0.05) is 23.7 Å². The number of halogens is 2. The van der Waals surface area contributed by atoms with Crippen LogP contribution < -0.4 is 5.32 Å². The molecule has 1 saturated carbocycles. The first kappa shape index (κ1) is 23.4. The minimum absolute atomic E-state index is 0.00905. The van der Waals surface area contributed by atoms with E-state index in [1.807, 2.05) is 0 Å². The van der Waals surface area contributed by atoms with Gasteiger partial charge in [0.1, 0.15) is 18.1 Å². The van der Waals surface area contributed by atoms with E-state index in [1.54, 1.807) is 6.07 Å². The van der Waals surface area contributed by atoms with Crippen LogP contribution in [0.15, 0.2) is 36.4 Å². The van der Waals surface area contributed by atoms with E-state index < -0.39 is 23.6 Å². The van der Waals surface area contributed by atoms with Gasteiger partial charge < -0.3 is 15.3 Å². The van der Waals surface area contributed by atoms with E-state index in [0.29, 0.717) is 17.2 Å². The van der Waals surface area contributed by atoms with Crippen molar-refractivity contribution in [2.75, 3.05) is 6.54 Å². The van der Waals surface area contributed by atoms with Gasteiger partial charge >= 0.3 is 5.97 Å². The first-order chi connectivity index (χ1) is 16.3. The summed E-state index contributed by atoms with van der Waals surface area (Å²) in [5.74, 6) is -2.64. The van der Waals surface area contributed by atoms with Gasteiger partial charge in [-0.2, -0.15) is 5.10 Å². The van der Waals surface area contributed by atoms with Gasteiger partial charge in [-0.25, -0.2) is 9.18 Å². The summed E-state index contributed by atoms with van der Waals surface area (Å²) in [6, 6.07) is 8.55. The number of hydrogen-bond donors (Lipinski definition) is 2. The molecule has 1 aliphatic rings. The summed E-state index contributed by atoms with van der Waals surface area (Å²) >= 11 is 5.76. The number of nitrogens with zero attached hydrogens (tertiary/aromatic N) is 3. The summed E-state index contributed by atoms with van der Waals surface area (Å²) in [5, 5.41) is 16.4. The van der Waals surface area contributed by atoms with Crippen LogP contribution in [0.25, 0.3) is 10.9 Å². The maximum absolute atomic E-state index is 14.0. The van der Waals surface area contributed by atoms with Crippen LogP contribution in [0.5, 0.6) is 0 Å². The van der Waals surface area contributed by atoms with Crippen molar-refractivity contribution in [3.63, 3.8) is 0 Å². The van der Waals surface area contributed by atoms with Gasteiger partial charge in [-0.15, -0.1) is 0 Å². The van der Waals surface area contributed by atoms with Crippen molar-refractivity contribution >= 4 is 46.6 Å². The predicted molar refractivity (Wildman–Crippen MR) is 120 cm³/mol. The number of aromatic nitrogens is 2. The van der Waals surface area contributed by atoms with E-state index in [0.717, 1.165) is 12.8 Å². The Kier molecular flexibility index (Phi) is 6.60. The minimum Gasteiger partial charge on any atom is -0.478 e. The average Bonchev–Trinajstić information content (AvgIpc) is 3.60. The van der Waals surface area contributed by atoms with Crippen molar-refractivity contribution < 1.29 is 28.7 Å². The fourth-order valence-electron chi connectivity index (χ4n) is 3.66. The Morgan fingerprint density at radius 2 is 2.03 bits per heavy atom. The Labute approximate surface area is 198 Å². The standard InChI is InChI=1S/C23H20ClFN4O5/c24-17-3-1-2-14(22(17)25)9-26-20(31)10-28(15-5-6-15)21(32)11-29-19-8-13(23(33)34)4-7-16(19)18(12-30)27-29/h1-4,7-8,12,15H,5-6,9-11H2,(H,26,31)(H,33,34). The zero-order valence-electron chi connectivity index (χ0n) is 17.8. The van der Waals surface area contributed by atoms with Crippen LogP contribution in [0, 0.1) is 5.82 Å². The van der Waals surface area contributed by atoms with E-state index >= 15 is 0 Å². The number of aromatic carboxylic acids is 1. The molecule has 0 bridgehead atoms. The van der Waals surface area contributed by atoms with E-state index in [2.05, 4.69) is 10.4 Å². The maximum Gasteiger partial charge on any atom is 0.335 e. The summed E-state index contributed by atoms with van der Waals surface area (Å²) in [6.07, 6.45) is 2.01. The molecule has 9 nitrogen and oxygen atoms in total. The summed E-state index contributed by atoms with van der Waals surface area (Å²) in [6.45, 7) is -0.589. The zero-order valence-corrected chi connectivity index (χ0v) is 18.6. The lowest BCUT2D eigenvalue weighted by Crippen LogP contribution is -2.43. The molecule has 11 heteroatoms. The number of aldehydes is 1. The van der Waals surface area contributed by atoms with Crippen molar-refractivity contribution in [3.8, 4) is 0 Å². The van der Waals surface area contributed by atoms with Crippen molar-refractivity contribution in [2.45, 2.75) is 32.0 Å². The topological polar surface area (TPSA) is 122 Å². The Morgan fingerprint density at radius 3 is 2.71 bits per heavy atom. The summed E-state index contributed by atoms with van der Waals surface area (Å²) in [5.41, 5.74) is 0.625. The number of amides is 2. The van der Waals surface area contributed by atoms with E-state index in [1.165, 1.54) is 39.9 Å². The fourth-order valence-corrected chi connectivity index (χ4v) is 3.85. The van der Waals surface area contributed by atoms with Gasteiger partial charge in [-0.05, 0) is 37.1 Å². The third-order valence-corrected chi connectivity index (χ3v) is 5.85. The first-order valence-electron chi connectivity index (χ1n) is 10.5. The second-order valence-electron chi connectivity index (χ2n) is 7.94. The number of hydrogen-bond acceptors (Lipinski definition) is 5. The lowest BCUT2D eigenvalue weighted by atomic mass is 10.1. The Hall–Kier alpha value is -3.79. The molecule has 2 amide bonds. The Balaban J connectivity index is 1.48. The molecule has 0 atom stereocenters. The first-order valence-corrected chi connectivity index (χ1v) is 10.8. The number of carboxylic acid groups (broad SMARTS) is 1. The molecule has 0 saturated heterocycles. The molecule has 1 fully saturated rings. The van der Waals surface area contributed by atoms with Crippen LogP contribution in [0.3, 0.4) is 0 Å². The normalized spacial score (nSPS) is 13.0. The SMILES string of the molecule is O=Cc1nn(CC(=O)N(CC(=O)NCc2cccc(Cl)c2F)C2CC2)c2cc(C(=O)O)ccc12. The van der Waals surface area contributed by atoms with Crippen LogP contribution in [-0.2, 0) is 22.7 Å². The number of benzene rings is 2. The van der Waals surface area contributed by atoms with E-state index in [-0.39, 0.29) is 47.5 Å². The van der Waals surface area contributed by atoms with Crippen molar-refractivity contribution in [1.82, 2.24) is 20.0 Å². The molecule has 2 N–H and O–H groups in total. The lowest BCUT2D eigenvalue weighted by Gasteiger charge is -2.22. The van der Waals surface area contributed by atoms with E-state index in [9.17, 15) is 28.7 Å². The summed E-state index contributed by atoms with van der Waals surface area (Å²) < 4.78 is 15.3. The quantitative estimate of drug-likeness (QED) is 0.448. The second-order valence-corrected chi connectivity index (χ2v) is 8.35. The van der Waals surface area contributed by atoms with Crippen LogP contribution in [0.1, 0.15) is 39.3 Å². The molecule has 1 heterocycles. The molecular formula is C23H20ClFN4O5. The smallest absolute Gasteiger partial charge is 0.335 e. The third kappa shape index (κ3) is 4.91. The van der Waals surface area contributed by atoms with Gasteiger partial charge in [0.25, 0.3) is 0 Å². The van der Waals surface area contributed by atoms with Crippen molar-refractivity contribution in [1.29, 1.82) is 0 Å².